The van der Waals surface area contributed by atoms with Crippen molar-refractivity contribution in [2.75, 3.05) is 5.32 Å². The zero-order valence-electron chi connectivity index (χ0n) is 7.84. The highest BCUT2D eigenvalue weighted by Gasteiger charge is 2.00. The lowest BCUT2D eigenvalue weighted by Crippen LogP contribution is -1.98. The molecule has 0 unspecified atom stereocenters. The summed E-state index contributed by atoms with van der Waals surface area (Å²) in [7, 11) is 0. The summed E-state index contributed by atoms with van der Waals surface area (Å²) in [5.41, 5.74) is 0.459. The molecule has 0 radical (unpaired) electrons. The molecule has 0 saturated carbocycles. The van der Waals surface area contributed by atoms with Gasteiger partial charge < -0.3 is 5.32 Å². The quantitative estimate of drug-likeness (QED) is 0.841. The molecule has 0 aliphatic rings. The number of rotatable bonds is 3. The first-order chi connectivity index (χ1) is 7.24. The predicted octanol–water partition coefficient (Wildman–Crippen LogP) is 3.64. The summed E-state index contributed by atoms with van der Waals surface area (Å²) in [5, 5.41) is 4.92. The van der Waals surface area contributed by atoms with Crippen LogP contribution in [0.4, 0.5) is 14.5 Å². The number of nitrogens with one attached hydrogen (secondary N) is 1. The van der Waals surface area contributed by atoms with Crippen molar-refractivity contribution in [2.45, 2.75) is 6.54 Å². The van der Waals surface area contributed by atoms with Crippen LogP contribution in [-0.4, -0.2) is 0 Å². The molecule has 0 bridgehead atoms. The third-order valence-electron chi connectivity index (χ3n) is 1.91. The molecule has 0 aliphatic carbocycles. The first-order valence-electron chi connectivity index (χ1n) is 4.46. The topological polar surface area (TPSA) is 12.0 Å². The molecule has 78 valence electrons. The predicted molar refractivity (Wildman–Crippen MR) is 58.0 cm³/mol. The second-order valence-electron chi connectivity index (χ2n) is 3.09. The van der Waals surface area contributed by atoms with E-state index in [1.165, 1.54) is 12.1 Å². The molecule has 1 aromatic heterocycles. The van der Waals surface area contributed by atoms with Crippen molar-refractivity contribution < 1.29 is 8.78 Å². The second kappa shape index (κ2) is 4.40. The van der Waals surface area contributed by atoms with Gasteiger partial charge in [-0.3, -0.25) is 0 Å². The van der Waals surface area contributed by atoms with Gasteiger partial charge in [0.25, 0.3) is 0 Å². The monoisotopic (exact) mass is 225 g/mol. The number of hydrogen-bond acceptors (Lipinski definition) is 2. The maximum Gasteiger partial charge on any atom is 0.128 e. The number of benzene rings is 1. The van der Waals surface area contributed by atoms with Gasteiger partial charge in [-0.25, -0.2) is 8.78 Å². The van der Waals surface area contributed by atoms with Gasteiger partial charge in [-0.05, 0) is 23.6 Å². The van der Waals surface area contributed by atoms with Gasteiger partial charge in [0.1, 0.15) is 11.6 Å². The minimum absolute atomic E-state index is 0.459. The molecule has 1 nitrogen and oxygen atoms in total. The summed E-state index contributed by atoms with van der Waals surface area (Å²) < 4.78 is 25.6. The van der Waals surface area contributed by atoms with E-state index in [1.54, 1.807) is 11.3 Å². The van der Waals surface area contributed by atoms with Crippen molar-refractivity contribution in [3.8, 4) is 0 Å². The Bertz CT molecular complexity index is 420. The van der Waals surface area contributed by atoms with Crippen molar-refractivity contribution >= 4 is 17.0 Å². The van der Waals surface area contributed by atoms with Crippen LogP contribution in [0.5, 0.6) is 0 Å². The Balaban J connectivity index is 2.05. The van der Waals surface area contributed by atoms with Crippen molar-refractivity contribution in [2.24, 2.45) is 0 Å². The van der Waals surface area contributed by atoms with E-state index >= 15 is 0 Å². The molecular formula is C11H9F2NS. The van der Waals surface area contributed by atoms with Crippen LogP contribution in [-0.2, 0) is 6.54 Å². The number of anilines is 1. The Labute approximate surface area is 90.4 Å². The van der Waals surface area contributed by atoms with Crippen LogP contribution >= 0.6 is 11.3 Å². The molecule has 15 heavy (non-hydrogen) atoms. The highest BCUT2D eigenvalue weighted by molar-refractivity contribution is 7.09. The van der Waals surface area contributed by atoms with E-state index < -0.39 is 11.6 Å². The van der Waals surface area contributed by atoms with Gasteiger partial charge in [0, 0.05) is 23.2 Å². The van der Waals surface area contributed by atoms with E-state index in [2.05, 4.69) is 5.32 Å². The molecule has 2 rings (SSSR count). The molecule has 4 heteroatoms. The van der Waals surface area contributed by atoms with Gasteiger partial charge in [0.2, 0.25) is 0 Å². The molecule has 0 spiro atoms. The van der Waals surface area contributed by atoms with E-state index in [-0.39, 0.29) is 0 Å². The third-order valence-corrected chi connectivity index (χ3v) is 2.79. The maximum atomic E-state index is 12.8. The fourth-order valence-electron chi connectivity index (χ4n) is 1.26. The minimum atomic E-state index is -0.566. The zero-order valence-corrected chi connectivity index (χ0v) is 8.65. The Kier molecular flexibility index (Phi) is 2.97. The Morgan fingerprint density at radius 3 is 2.47 bits per heavy atom. The molecule has 1 heterocycles. The molecule has 2 aromatic rings. The van der Waals surface area contributed by atoms with Gasteiger partial charge in [-0.15, -0.1) is 11.3 Å². The first kappa shape index (κ1) is 10.1. The third kappa shape index (κ3) is 2.76. The average Bonchev–Trinajstić information content (AvgIpc) is 2.65. The van der Waals surface area contributed by atoms with Crippen LogP contribution in [0.1, 0.15) is 4.88 Å². The van der Waals surface area contributed by atoms with E-state index in [4.69, 9.17) is 0 Å². The molecule has 1 aromatic carbocycles. The SMILES string of the molecule is Fc1cc(F)cc(NCc2cccs2)c1. The molecule has 0 aliphatic heterocycles. The standard InChI is InChI=1S/C11H9F2NS/c12-8-4-9(13)6-10(5-8)14-7-11-2-1-3-15-11/h1-6,14H,7H2. The lowest BCUT2D eigenvalue weighted by atomic mass is 10.3. The largest absolute Gasteiger partial charge is 0.380 e. The fourth-order valence-corrected chi connectivity index (χ4v) is 1.90. The number of thiophene rings is 1. The van der Waals surface area contributed by atoms with Crippen molar-refractivity contribution in [3.63, 3.8) is 0 Å². The zero-order chi connectivity index (χ0) is 10.7. The summed E-state index contributed by atoms with van der Waals surface area (Å²) in [6.45, 7) is 0.584. The average molecular weight is 225 g/mol. The van der Waals surface area contributed by atoms with Crippen molar-refractivity contribution in [3.05, 3.63) is 52.2 Å². The van der Waals surface area contributed by atoms with E-state index in [0.29, 0.717) is 12.2 Å². The minimum Gasteiger partial charge on any atom is -0.380 e. The smallest absolute Gasteiger partial charge is 0.128 e. The summed E-state index contributed by atoms with van der Waals surface area (Å²) in [4.78, 5) is 1.12. The molecule has 0 atom stereocenters. The lowest BCUT2D eigenvalue weighted by molar-refractivity contribution is 0.584. The maximum absolute atomic E-state index is 12.8. The van der Waals surface area contributed by atoms with Gasteiger partial charge in [-0.2, -0.15) is 0 Å². The van der Waals surface area contributed by atoms with Crippen LogP contribution in [0.15, 0.2) is 35.7 Å². The summed E-state index contributed by atoms with van der Waals surface area (Å²) in [6, 6.07) is 7.31. The Morgan fingerprint density at radius 2 is 1.87 bits per heavy atom. The Morgan fingerprint density at radius 1 is 1.13 bits per heavy atom. The number of hydrogen-bond donors (Lipinski definition) is 1. The lowest BCUT2D eigenvalue weighted by Gasteiger charge is -2.04. The molecular weight excluding hydrogens is 216 g/mol. The summed E-state index contributed by atoms with van der Waals surface area (Å²) in [5.74, 6) is -1.13. The van der Waals surface area contributed by atoms with E-state index in [1.807, 2.05) is 17.5 Å². The number of halogens is 2. The van der Waals surface area contributed by atoms with E-state index in [0.717, 1.165) is 10.9 Å². The molecule has 0 saturated heterocycles. The van der Waals surface area contributed by atoms with Crippen LogP contribution in [0, 0.1) is 11.6 Å². The summed E-state index contributed by atoms with van der Waals surface area (Å²) in [6.07, 6.45) is 0. The molecule has 0 amide bonds. The van der Waals surface area contributed by atoms with Gasteiger partial charge >= 0.3 is 0 Å². The highest BCUT2D eigenvalue weighted by Crippen LogP contribution is 2.15. The molecule has 0 fully saturated rings. The fraction of sp³-hybridized carbons (Fsp3) is 0.0909. The van der Waals surface area contributed by atoms with E-state index in [9.17, 15) is 8.78 Å². The Hall–Kier alpha value is -1.42. The van der Waals surface area contributed by atoms with Gasteiger partial charge in [0.15, 0.2) is 0 Å². The van der Waals surface area contributed by atoms with Gasteiger partial charge in [0.05, 0.1) is 0 Å². The van der Waals surface area contributed by atoms with Crippen molar-refractivity contribution in [1.29, 1.82) is 0 Å². The van der Waals surface area contributed by atoms with Crippen LogP contribution < -0.4 is 5.32 Å². The van der Waals surface area contributed by atoms with Crippen LogP contribution in [0.3, 0.4) is 0 Å². The second-order valence-corrected chi connectivity index (χ2v) is 4.12. The van der Waals surface area contributed by atoms with Crippen molar-refractivity contribution in [1.82, 2.24) is 0 Å². The first-order valence-corrected chi connectivity index (χ1v) is 5.34. The molecule has 1 N–H and O–H groups in total. The van der Waals surface area contributed by atoms with Crippen LogP contribution in [0.2, 0.25) is 0 Å². The highest BCUT2D eigenvalue weighted by atomic mass is 32.1. The summed E-state index contributed by atoms with van der Waals surface area (Å²) >= 11 is 1.60. The van der Waals surface area contributed by atoms with Crippen LogP contribution in [0.25, 0.3) is 0 Å². The normalized spacial score (nSPS) is 10.3. The van der Waals surface area contributed by atoms with Gasteiger partial charge in [-0.1, -0.05) is 6.07 Å².